The van der Waals surface area contributed by atoms with Crippen molar-refractivity contribution in [2.24, 2.45) is 0 Å². The number of nitrogens with one attached hydrogen (secondary N) is 2. The SMILES string of the molecule is COC(=O)c1ccc2c(n1)N(C(=O)Nc1cc(Br)ccn1)[C@H]1CCCN2C1.O=C(O)c1ccc2c(n1)N(C(=O)Nc1cc(Br)ccn1)[C@H]1CCCN2C1. The molecule has 2 saturated heterocycles. The Kier molecular flexibility index (Phi) is 10.4. The van der Waals surface area contributed by atoms with Crippen LogP contribution in [0.3, 0.4) is 0 Å². The fraction of sp³-hybridized carbons (Fsp3) is 0.314. The second-order valence-corrected chi connectivity index (χ2v) is 14.5. The lowest BCUT2D eigenvalue weighted by molar-refractivity contribution is 0.0593. The molecule has 0 aliphatic carbocycles. The van der Waals surface area contributed by atoms with Gasteiger partial charge in [0.2, 0.25) is 0 Å². The minimum atomic E-state index is -1.12. The highest BCUT2D eigenvalue weighted by molar-refractivity contribution is 9.10. The first-order valence-corrected chi connectivity index (χ1v) is 18.5. The van der Waals surface area contributed by atoms with E-state index in [2.05, 4.69) is 72.2 Å². The number of halogens is 2. The summed E-state index contributed by atoms with van der Waals surface area (Å²) in [7, 11) is 1.31. The first-order chi connectivity index (χ1) is 25.6. The topological polar surface area (TPSA) is 186 Å². The molecule has 53 heavy (non-hydrogen) atoms. The number of amides is 4. The number of piperidine rings is 2. The van der Waals surface area contributed by atoms with E-state index in [9.17, 15) is 24.3 Å². The molecule has 4 aromatic heterocycles. The molecule has 8 rings (SSSR count). The summed E-state index contributed by atoms with van der Waals surface area (Å²) in [6.45, 7) is 3.23. The number of anilines is 6. The molecule has 0 saturated carbocycles. The van der Waals surface area contributed by atoms with Crippen molar-refractivity contribution in [3.63, 3.8) is 0 Å². The Balaban J connectivity index is 0.000000164. The first-order valence-electron chi connectivity index (χ1n) is 16.9. The Labute approximate surface area is 320 Å². The molecule has 4 aliphatic heterocycles. The number of nitrogens with zero attached hydrogens (tertiary/aromatic N) is 8. The highest BCUT2D eigenvalue weighted by Gasteiger charge is 2.40. The van der Waals surface area contributed by atoms with Crippen LogP contribution in [0.2, 0.25) is 0 Å². The van der Waals surface area contributed by atoms with Crippen LogP contribution in [0, 0.1) is 0 Å². The Bertz CT molecular complexity index is 2090. The number of carboxylic acids is 1. The van der Waals surface area contributed by atoms with E-state index in [0.29, 0.717) is 29.8 Å². The second-order valence-electron chi connectivity index (χ2n) is 12.7. The molecule has 2 fully saturated rings. The van der Waals surface area contributed by atoms with Gasteiger partial charge in [0, 0.05) is 47.5 Å². The number of aromatic nitrogens is 4. The third kappa shape index (κ3) is 7.59. The molecule has 0 aromatic carbocycles. The van der Waals surface area contributed by atoms with E-state index < -0.39 is 11.9 Å². The summed E-state index contributed by atoms with van der Waals surface area (Å²) in [4.78, 5) is 73.9. The lowest BCUT2D eigenvalue weighted by Gasteiger charge is -2.45. The van der Waals surface area contributed by atoms with Gasteiger partial charge in [0.15, 0.2) is 23.0 Å². The molecule has 3 N–H and O–H groups in total. The van der Waals surface area contributed by atoms with E-state index in [1.807, 2.05) is 6.07 Å². The number of hydrogen-bond acceptors (Lipinski definition) is 11. The van der Waals surface area contributed by atoms with Crippen LogP contribution >= 0.6 is 31.9 Å². The molecule has 4 aliphatic rings. The minimum absolute atomic E-state index is 0.0150. The van der Waals surface area contributed by atoms with Crippen LogP contribution in [0.25, 0.3) is 0 Å². The molecule has 0 radical (unpaired) electrons. The van der Waals surface area contributed by atoms with Crippen LogP contribution in [0.5, 0.6) is 0 Å². The number of aromatic carboxylic acids is 1. The maximum Gasteiger partial charge on any atom is 0.356 e. The van der Waals surface area contributed by atoms with E-state index in [-0.39, 0.29) is 35.5 Å². The van der Waals surface area contributed by atoms with Crippen LogP contribution in [0.4, 0.5) is 44.2 Å². The van der Waals surface area contributed by atoms with E-state index in [0.717, 1.165) is 65.6 Å². The molecule has 18 heteroatoms. The Hall–Kier alpha value is -5.36. The fourth-order valence-electron chi connectivity index (χ4n) is 6.99. The van der Waals surface area contributed by atoms with Gasteiger partial charge in [0.1, 0.15) is 11.6 Å². The third-order valence-corrected chi connectivity index (χ3v) is 10.3. The van der Waals surface area contributed by atoms with E-state index in [4.69, 9.17) is 4.74 Å². The summed E-state index contributed by atoms with van der Waals surface area (Å²) in [6.07, 6.45) is 6.87. The zero-order valence-electron chi connectivity index (χ0n) is 28.4. The largest absolute Gasteiger partial charge is 0.477 e. The summed E-state index contributed by atoms with van der Waals surface area (Å²) >= 11 is 6.73. The molecule has 0 unspecified atom stereocenters. The number of carbonyl (C=O) groups is 4. The summed E-state index contributed by atoms with van der Waals surface area (Å²) in [5.41, 5.74) is 1.72. The summed E-state index contributed by atoms with van der Waals surface area (Å²) in [5.74, 6) is 0.0663. The standard InChI is InChI=1S/C18H18BrN5O3.C17H16BrN5O3/c1-27-17(25)13-4-5-14-16(21-13)24(12-3-2-8-23(14)10-12)18(26)22-15-9-11(19)6-7-20-15;18-10-5-6-19-14(8-10)21-17(26)23-11-2-1-7-22(9-11)13-4-3-12(16(24)25)20-15(13)23/h4-7,9,12H,2-3,8,10H2,1H3,(H,20,22,26);3-6,8,11H,1-2,7,9H2,(H,24,25)(H,19,21,26)/t12-;11-/m00/s1. The predicted molar refractivity (Wildman–Crippen MR) is 204 cm³/mol. The molecular weight excluding hydrogens is 816 g/mol. The van der Waals surface area contributed by atoms with E-state index >= 15 is 0 Å². The zero-order chi connectivity index (χ0) is 37.2. The average molecular weight is 851 g/mol. The number of fused-ring (bicyclic) bond motifs is 8. The Morgan fingerprint density at radius 1 is 0.736 bits per heavy atom. The normalized spacial score (nSPS) is 18.1. The van der Waals surface area contributed by atoms with Crippen LogP contribution in [-0.4, -0.2) is 94.4 Å². The van der Waals surface area contributed by atoms with Gasteiger partial charge < -0.3 is 19.6 Å². The van der Waals surface area contributed by atoms with Gasteiger partial charge in [-0.3, -0.25) is 20.4 Å². The van der Waals surface area contributed by atoms with Crippen molar-refractivity contribution in [3.05, 3.63) is 81.3 Å². The molecule has 2 atom stereocenters. The lowest BCUT2D eigenvalue weighted by atomic mass is 10.00. The van der Waals surface area contributed by atoms with Crippen molar-refractivity contribution < 1.29 is 29.0 Å². The smallest absolute Gasteiger partial charge is 0.356 e. The highest BCUT2D eigenvalue weighted by atomic mass is 79.9. The van der Waals surface area contributed by atoms with Gasteiger partial charge >= 0.3 is 24.0 Å². The number of carbonyl (C=O) groups excluding carboxylic acids is 3. The predicted octanol–water partition coefficient (Wildman–Crippen LogP) is 6.00. The number of ether oxygens (including phenoxy) is 1. The summed E-state index contributed by atoms with van der Waals surface area (Å²) < 4.78 is 6.40. The van der Waals surface area contributed by atoms with E-state index in [1.165, 1.54) is 13.2 Å². The van der Waals surface area contributed by atoms with E-state index in [1.54, 1.807) is 58.6 Å². The van der Waals surface area contributed by atoms with Crippen molar-refractivity contribution >= 4 is 90.5 Å². The molecule has 8 heterocycles. The maximum absolute atomic E-state index is 13.1. The van der Waals surface area contributed by atoms with Crippen molar-refractivity contribution in [3.8, 4) is 0 Å². The molecule has 4 bridgehead atoms. The van der Waals surface area contributed by atoms with Gasteiger partial charge in [-0.25, -0.2) is 39.1 Å². The van der Waals surface area contributed by atoms with Gasteiger partial charge in [-0.05, 0) is 74.2 Å². The van der Waals surface area contributed by atoms with Crippen LogP contribution < -0.4 is 30.2 Å². The van der Waals surface area contributed by atoms with Crippen molar-refractivity contribution in [2.75, 3.05) is 63.5 Å². The third-order valence-electron chi connectivity index (χ3n) is 9.34. The molecule has 16 nitrogen and oxygen atoms in total. The van der Waals surface area contributed by atoms with Gasteiger partial charge in [0.25, 0.3) is 0 Å². The number of carboxylic acid groups (broad SMARTS) is 1. The van der Waals surface area contributed by atoms with Gasteiger partial charge in [0.05, 0.1) is 30.6 Å². The Morgan fingerprint density at radius 2 is 1.21 bits per heavy atom. The fourth-order valence-corrected chi connectivity index (χ4v) is 7.66. The molecule has 4 aromatic rings. The van der Waals surface area contributed by atoms with Crippen molar-refractivity contribution in [1.82, 2.24) is 19.9 Å². The number of urea groups is 2. The lowest BCUT2D eigenvalue weighted by Crippen LogP contribution is -2.56. The summed E-state index contributed by atoms with van der Waals surface area (Å²) in [6, 6.07) is 12.9. The average Bonchev–Trinajstić information content (AvgIpc) is 3.14. The number of rotatable bonds is 4. The highest BCUT2D eigenvalue weighted by Crippen LogP contribution is 2.40. The Morgan fingerprint density at radius 3 is 1.66 bits per heavy atom. The molecule has 274 valence electrons. The van der Waals surface area contributed by atoms with Gasteiger partial charge in [-0.2, -0.15) is 0 Å². The minimum Gasteiger partial charge on any atom is -0.477 e. The quantitative estimate of drug-likeness (QED) is 0.204. The van der Waals surface area contributed by atoms with Gasteiger partial charge in [-0.1, -0.05) is 31.9 Å². The van der Waals surface area contributed by atoms with Crippen LogP contribution in [-0.2, 0) is 4.74 Å². The van der Waals surface area contributed by atoms with Crippen LogP contribution in [0.1, 0.15) is 46.7 Å². The number of pyridine rings is 4. The zero-order valence-corrected chi connectivity index (χ0v) is 31.6. The molecule has 4 amide bonds. The van der Waals surface area contributed by atoms with Crippen LogP contribution in [0.15, 0.2) is 69.9 Å². The first kappa shape index (κ1) is 36.0. The monoisotopic (exact) mass is 848 g/mol. The number of hydrogen-bond donors (Lipinski definition) is 3. The molecule has 0 spiro atoms. The molecular formula is C35H34Br2N10O6. The number of methoxy groups -OCH3 is 1. The van der Waals surface area contributed by atoms with Crippen molar-refractivity contribution in [2.45, 2.75) is 37.8 Å². The number of esters is 1. The van der Waals surface area contributed by atoms with Crippen molar-refractivity contribution in [1.29, 1.82) is 0 Å². The summed E-state index contributed by atoms with van der Waals surface area (Å²) in [5, 5.41) is 14.9. The second kappa shape index (κ2) is 15.3. The maximum atomic E-state index is 13.1. The van der Waals surface area contributed by atoms with Gasteiger partial charge in [-0.15, -0.1) is 0 Å².